The fourth-order valence-corrected chi connectivity index (χ4v) is 4.17. The smallest absolute Gasteiger partial charge is 0.336 e. The van der Waals surface area contributed by atoms with E-state index in [4.69, 9.17) is 4.74 Å². The summed E-state index contributed by atoms with van der Waals surface area (Å²) in [6.07, 6.45) is 4.08. The average Bonchev–Trinajstić information content (AvgIpc) is 2.70. The summed E-state index contributed by atoms with van der Waals surface area (Å²) in [4.78, 5) is 12.0. The summed E-state index contributed by atoms with van der Waals surface area (Å²) in [6, 6.07) is 14.9. The number of benzene rings is 2. The van der Waals surface area contributed by atoms with E-state index in [0.717, 1.165) is 11.1 Å². The van der Waals surface area contributed by atoms with Crippen molar-refractivity contribution in [2.24, 2.45) is 0 Å². The maximum Gasteiger partial charge on any atom is 0.336 e. The molecule has 0 heterocycles. The Morgan fingerprint density at radius 1 is 1.00 bits per heavy atom. The lowest BCUT2D eigenvalue weighted by Crippen LogP contribution is -2.33. The van der Waals surface area contributed by atoms with E-state index in [1.807, 2.05) is 12.1 Å². The van der Waals surface area contributed by atoms with Crippen LogP contribution in [0.15, 0.2) is 48.0 Å². The molecule has 0 radical (unpaired) electrons. The van der Waals surface area contributed by atoms with Gasteiger partial charge in [-0.15, -0.1) is 0 Å². The molecular weight excluding hydrogens is 360 g/mol. The van der Waals surface area contributed by atoms with Crippen molar-refractivity contribution in [3.63, 3.8) is 0 Å². The van der Waals surface area contributed by atoms with Gasteiger partial charge in [-0.2, -0.15) is 0 Å². The molecule has 0 saturated carbocycles. The first kappa shape index (κ1) is 21.3. The van der Waals surface area contributed by atoms with E-state index in [-0.39, 0.29) is 29.6 Å². The molecule has 29 heavy (non-hydrogen) atoms. The predicted octanol–water partition coefficient (Wildman–Crippen LogP) is 5.64. The Morgan fingerprint density at radius 2 is 1.66 bits per heavy atom. The zero-order valence-electron chi connectivity index (χ0n) is 18.2. The number of aliphatic hydroxyl groups is 1. The van der Waals surface area contributed by atoms with Gasteiger partial charge < -0.3 is 9.84 Å². The molecule has 0 spiro atoms. The van der Waals surface area contributed by atoms with E-state index < -0.39 is 5.97 Å². The molecule has 0 atom stereocenters. The fraction of sp³-hybridized carbons (Fsp3) is 0.423. The normalized spacial score (nSPS) is 17.5. The second-order valence-corrected chi connectivity index (χ2v) is 9.20. The molecule has 0 fully saturated rings. The molecule has 0 aromatic heterocycles. The van der Waals surface area contributed by atoms with Gasteiger partial charge in [0.25, 0.3) is 0 Å². The van der Waals surface area contributed by atoms with Gasteiger partial charge in [0.05, 0.1) is 18.8 Å². The zero-order chi connectivity index (χ0) is 21.2. The van der Waals surface area contributed by atoms with Crippen LogP contribution in [-0.4, -0.2) is 24.3 Å². The highest BCUT2D eigenvalue weighted by Crippen LogP contribution is 2.46. The van der Waals surface area contributed by atoms with Crippen molar-refractivity contribution >= 4 is 12.0 Å². The third kappa shape index (κ3) is 4.45. The van der Waals surface area contributed by atoms with Crippen molar-refractivity contribution in [3.8, 4) is 11.1 Å². The SMILES string of the molecule is CCOC(=O)/C(=C/c1cccc(-c2ccc3c(c2)C(C)(C)CCC3(C)C)c1)CO. The van der Waals surface area contributed by atoms with Crippen LogP contribution in [0.5, 0.6) is 0 Å². The molecule has 3 heteroatoms. The Balaban J connectivity index is 2.01. The largest absolute Gasteiger partial charge is 0.463 e. The molecular formula is C26H32O3. The molecule has 0 unspecified atom stereocenters. The molecule has 3 nitrogen and oxygen atoms in total. The van der Waals surface area contributed by atoms with Crippen molar-refractivity contribution in [1.82, 2.24) is 0 Å². The Labute approximate surface area is 174 Å². The molecule has 2 aromatic rings. The molecule has 3 rings (SSSR count). The molecule has 0 bridgehead atoms. The second kappa shape index (κ2) is 8.16. The van der Waals surface area contributed by atoms with E-state index in [0.29, 0.717) is 0 Å². The van der Waals surface area contributed by atoms with Crippen molar-refractivity contribution in [2.45, 2.75) is 58.3 Å². The number of esters is 1. The van der Waals surface area contributed by atoms with E-state index in [1.54, 1.807) is 13.0 Å². The van der Waals surface area contributed by atoms with Crippen LogP contribution in [0.1, 0.15) is 64.2 Å². The van der Waals surface area contributed by atoms with E-state index in [9.17, 15) is 9.90 Å². The standard InChI is InChI=1S/C26H32O3/c1-6-29-24(28)21(17-27)15-18-8-7-9-19(14-18)20-10-11-22-23(16-20)26(4,5)13-12-25(22,2)3/h7-11,14-16,27H,6,12-13,17H2,1-5H3/b21-15+. The lowest BCUT2D eigenvalue weighted by molar-refractivity contribution is -0.138. The molecule has 0 saturated heterocycles. The lowest BCUT2D eigenvalue weighted by atomic mass is 9.63. The molecule has 1 N–H and O–H groups in total. The summed E-state index contributed by atoms with van der Waals surface area (Å²) >= 11 is 0. The van der Waals surface area contributed by atoms with Crippen LogP contribution in [0.2, 0.25) is 0 Å². The van der Waals surface area contributed by atoms with Crippen LogP contribution in [0.4, 0.5) is 0 Å². The van der Waals surface area contributed by atoms with Crippen LogP contribution in [0.25, 0.3) is 17.2 Å². The fourth-order valence-electron chi connectivity index (χ4n) is 4.17. The van der Waals surface area contributed by atoms with Crippen molar-refractivity contribution < 1.29 is 14.6 Å². The third-order valence-corrected chi connectivity index (χ3v) is 6.12. The maximum atomic E-state index is 12.0. The molecule has 0 aliphatic heterocycles. The van der Waals surface area contributed by atoms with E-state index >= 15 is 0 Å². The van der Waals surface area contributed by atoms with Gasteiger partial charge >= 0.3 is 5.97 Å². The molecule has 1 aliphatic rings. The van der Waals surface area contributed by atoms with Gasteiger partial charge in [-0.25, -0.2) is 4.79 Å². The lowest BCUT2D eigenvalue weighted by Gasteiger charge is -2.42. The van der Waals surface area contributed by atoms with Gasteiger partial charge in [0.15, 0.2) is 0 Å². The minimum absolute atomic E-state index is 0.159. The van der Waals surface area contributed by atoms with E-state index in [2.05, 4.69) is 58.0 Å². The van der Waals surface area contributed by atoms with Crippen molar-refractivity contribution in [1.29, 1.82) is 0 Å². The first-order valence-corrected chi connectivity index (χ1v) is 10.4. The Bertz CT molecular complexity index is 935. The zero-order valence-corrected chi connectivity index (χ0v) is 18.2. The van der Waals surface area contributed by atoms with E-state index in [1.165, 1.54) is 29.5 Å². The summed E-state index contributed by atoms with van der Waals surface area (Å²) in [5.41, 5.74) is 6.63. The molecule has 0 amide bonds. The van der Waals surface area contributed by atoms with Gasteiger partial charge in [0, 0.05) is 0 Å². The number of hydrogen-bond donors (Lipinski definition) is 1. The number of fused-ring (bicyclic) bond motifs is 1. The van der Waals surface area contributed by atoms with Gasteiger partial charge in [0.1, 0.15) is 0 Å². The minimum Gasteiger partial charge on any atom is -0.463 e. The van der Waals surface area contributed by atoms with Gasteiger partial charge in [-0.3, -0.25) is 0 Å². The Morgan fingerprint density at radius 3 is 2.31 bits per heavy atom. The number of aliphatic hydroxyl groups excluding tert-OH is 1. The number of rotatable bonds is 5. The third-order valence-electron chi connectivity index (χ3n) is 6.12. The average molecular weight is 393 g/mol. The summed E-state index contributed by atoms with van der Waals surface area (Å²) in [5.74, 6) is -0.474. The second-order valence-electron chi connectivity index (χ2n) is 9.20. The number of carbonyl (C=O) groups excluding carboxylic acids is 1. The maximum absolute atomic E-state index is 12.0. The van der Waals surface area contributed by atoms with Crippen LogP contribution in [0, 0.1) is 0 Å². The quantitative estimate of drug-likeness (QED) is 0.529. The Hall–Kier alpha value is -2.39. The highest BCUT2D eigenvalue weighted by atomic mass is 16.5. The van der Waals surface area contributed by atoms with Gasteiger partial charge in [0.2, 0.25) is 0 Å². The molecule has 154 valence electrons. The number of hydrogen-bond acceptors (Lipinski definition) is 3. The van der Waals surface area contributed by atoms with Crippen molar-refractivity contribution in [2.75, 3.05) is 13.2 Å². The first-order valence-electron chi connectivity index (χ1n) is 10.4. The number of ether oxygens (including phenoxy) is 1. The van der Waals surface area contributed by atoms with Crippen molar-refractivity contribution in [3.05, 3.63) is 64.7 Å². The van der Waals surface area contributed by atoms with Crippen LogP contribution in [0.3, 0.4) is 0 Å². The highest BCUT2D eigenvalue weighted by Gasteiger charge is 2.36. The molecule has 2 aromatic carbocycles. The Kier molecular flexibility index (Phi) is 6.00. The highest BCUT2D eigenvalue weighted by molar-refractivity contribution is 5.94. The van der Waals surface area contributed by atoms with Crippen LogP contribution in [-0.2, 0) is 20.4 Å². The van der Waals surface area contributed by atoms with Gasteiger partial charge in [-0.05, 0) is 70.6 Å². The monoisotopic (exact) mass is 392 g/mol. The van der Waals surface area contributed by atoms with Crippen LogP contribution >= 0.6 is 0 Å². The summed E-state index contributed by atoms with van der Waals surface area (Å²) in [6.45, 7) is 11.0. The summed E-state index contributed by atoms with van der Waals surface area (Å²) in [7, 11) is 0. The predicted molar refractivity (Wildman–Crippen MR) is 119 cm³/mol. The summed E-state index contributed by atoms with van der Waals surface area (Å²) in [5, 5.41) is 9.54. The molecule has 1 aliphatic carbocycles. The first-order chi connectivity index (χ1) is 13.7. The minimum atomic E-state index is -0.474. The van der Waals surface area contributed by atoms with Gasteiger partial charge in [-0.1, -0.05) is 64.1 Å². The van der Waals surface area contributed by atoms with Crippen LogP contribution < -0.4 is 0 Å². The topological polar surface area (TPSA) is 46.5 Å². The number of carbonyl (C=O) groups is 1. The summed E-state index contributed by atoms with van der Waals surface area (Å²) < 4.78 is 5.02.